The third-order valence-electron chi connectivity index (χ3n) is 4.99. The second-order valence-electron chi connectivity index (χ2n) is 7.00. The van der Waals surface area contributed by atoms with Crippen LogP contribution in [-0.4, -0.2) is 39.3 Å². The largest absolute Gasteiger partial charge is 0.384 e. The van der Waals surface area contributed by atoms with E-state index in [0.29, 0.717) is 18.0 Å². The van der Waals surface area contributed by atoms with Crippen molar-refractivity contribution >= 4 is 17.2 Å². The summed E-state index contributed by atoms with van der Waals surface area (Å²) in [6.45, 7) is 5.15. The summed E-state index contributed by atoms with van der Waals surface area (Å²) in [6.07, 6.45) is 1.98. The van der Waals surface area contributed by atoms with Crippen LogP contribution in [0.25, 0.3) is 10.4 Å². The molecule has 2 heterocycles. The fraction of sp³-hybridized carbons (Fsp3) is 0.450. The van der Waals surface area contributed by atoms with Crippen LogP contribution < -0.4 is 10.6 Å². The van der Waals surface area contributed by atoms with Gasteiger partial charge in [0.25, 0.3) is 5.91 Å². The van der Waals surface area contributed by atoms with Crippen molar-refractivity contribution in [2.24, 2.45) is 5.41 Å². The van der Waals surface area contributed by atoms with E-state index in [-0.39, 0.29) is 17.1 Å². The first-order chi connectivity index (χ1) is 12.5. The van der Waals surface area contributed by atoms with Crippen molar-refractivity contribution in [3.05, 3.63) is 46.6 Å². The standard InChI is InChI=1S/C20H25FN2O2S/c1-14-11-17(26-18(14)15-3-5-16(21)6-4-15)19(24)23-12-20(13-25-2)7-9-22-10-8-20/h3-6,11,22H,7-10,12-13H2,1-2H3,(H,23,24). The minimum atomic E-state index is -0.258. The number of nitrogens with one attached hydrogen (secondary N) is 2. The first-order valence-electron chi connectivity index (χ1n) is 8.87. The molecule has 4 nitrogen and oxygen atoms in total. The quantitative estimate of drug-likeness (QED) is 0.810. The Kier molecular flexibility index (Phi) is 6.06. The predicted octanol–water partition coefficient (Wildman–Crippen LogP) is 3.61. The van der Waals surface area contributed by atoms with E-state index < -0.39 is 0 Å². The minimum Gasteiger partial charge on any atom is -0.384 e. The first kappa shape index (κ1) is 19.0. The van der Waals surface area contributed by atoms with E-state index in [2.05, 4.69) is 10.6 Å². The highest BCUT2D eigenvalue weighted by molar-refractivity contribution is 7.17. The second-order valence-corrected chi connectivity index (χ2v) is 8.05. The van der Waals surface area contributed by atoms with Crippen LogP contribution >= 0.6 is 11.3 Å². The smallest absolute Gasteiger partial charge is 0.261 e. The van der Waals surface area contributed by atoms with E-state index >= 15 is 0 Å². The topological polar surface area (TPSA) is 50.4 Å². The lowest BCUT2D eigenvalue weighted by Crippen LogP contribution is -2.47. The van der Waals surface area contributed by atoms with Gasteiger partial charge in [-0.25, -0.2) is 4.39 Å². The molecule has 0 spiro atoms. The normalized spacial score (nSPS) is 16.4. The second kappa shape index (κ2) is 8.29. The Morgan fingerprint density at radius 2 is 2.00 bits per heavy atom. The molecule has 0 aliphatic carbocycles. The van der Waals surface area contributed by atoms with Gasteiger partial charge in [0.15, 0.2) is 0 Å². The van der Waals surface area contributed by atoms with Gasteiger partial charge in [-0.2, -0.15) is 0 Å². The van der Waals surface area contributed by atoms with Gasteiger partial charge in [0.2, 0.25) is 0 Å². The molecule has 0 saturated carbocycles. The number of piperidine rings is 1. The van der Waals surface area contributed by atoms with E-state index in [4.69, 9.17) is 4.74 Å². The Morgan fingerprint density at radius 1 is 1.31 bits per heavy atom. The molecule has 1 aliphatic rings. The van der Waals surface area contributed by atoms with Gasteiger partial charge in [0.05, 0.1) is 11.5 Å². The van der Waals surface area contributed by atoms with Crippen LogP contribution in [0.4, 0.5) is 4.39 Å². The average molecular weight is 376 g/mol. The Balaban J connectivity index is 1.70. The van der Waals surface area contributed by atoms with Crippen molar-refractivity contribution in [3.63, 3.8) is 0 Å². The lowest BCUT2D eigenvalue weighted by molar-refractivity contribution is 0.0512. The number of rotatable bonds is 6. The number of hydrogen-bond acceptors (Lipinski definition) is 4. The molecule has 6 heteroatoms. The Bertz CT molecular complexity index is 746. The van der Waals surface area contributed by atoms with Crippen LogP contribution in [0, 0.1) is 18.2 Å². The molecule has 0 bridgehead atoms. The molecular formula is C20H25FN2O2S. The molecule has 1 aromatic heterocycles. The summed E-state index contributed by atoms with van der Waals surface area (Å²) in [7, 11) is 1.71. The highest BCUT2D eigenvalue weighted by Crippen LogP contribution is 2.33. The number of ether oxygens (including phenoxy) is 1. The molecule has 2 aromatic rings. The number of hydrogen-bond donors (Lipinski definition) is 2. The number of benzene rings is 1. The van der Waals surface area contributed by atoms with Gasteiger partial charge in [-0.05, 0) is 62.2 Å². The first-order valence-corrected chi connectivity index (χ1v) is 9.69. The molecule has 1 aromatic carbocycles. The van der Waals surface area contributed by atoms with E-state index in [1.165, 1.54) is 23.5 Å². The highest BCUT2D eigenvalue weighted by Gasteiger charge is 2.32. The van der Waals surface area contributed by atoms with Crippen LogP contribution in [0.3, 0.4) is 0 Å². The van der Waals surface area contributed by atoms with Gasteiger partial charge >= 0.3 is 0 Å². The number of thiophene rings is 1. The summed E-state index contributed by atoms with van der Waals surface area (Å²) in [6, 6.07) is 8.29. The zero-order valence-corrected chi connectivity index (χ0v) is 16.0. The fourth-order valence-corrected chi connectivity index (χ4v) is 4.57. The lowest BCUT2D eigenvalue weighted by Gasteiger charge is -2.37. The molecule has 26 heavy (non-hydrogen) atoms. The number of halogens is 1. The Hall–Kier alpha value is -1.76. The van der Waals surface area contributed by atoms with Crippen molar-refractivity contribution in [2.75, 3.05) is 33.4 Å². The third kappa shape index (κ3) is 4.31. The van der Waals surface area contributed by atoms with Gasteiger partial charge in [0.1, 0.15) is 5.82 Å². The van der Waals surface area contributed by atoms with Crippen LogP contribution in [-0.2, 0) is 4.74 Å². The number of methoxy groups -OCH3 is 1. The SMILES string of the molecule is COCC1(CNC(=O)c2cc(C)c(-c3ccc(F)cc3)s2)CCNCC1. The predicted molar refractivity (Wildman–Crippen MR) is 103 cm³/mol. The molecule has 0 radical (unpaired) electrons. The number of amides is 1. The molecule has 0 atom stereocenters. The van der Waals surface area contributed by atoms with E-state index in [9.17, 15) is 9.18 Å². The average Bonchev–Trinajstić information content (AvgIpc) is 3.03. The fourth-order valence-electron chi connectivity index (χ4n) is 3.47. The zero-order chi connectivity index (χ0) is 18.6. The van der Waals surface area contributed by atoms with Gasteiger partial charge in [-0.1, -0.05) is 12.1 Å². The van der Waals surface area contributed by atoms with Crippen molar-refractivity contribution in [1.29, 1.82) is 0 Å². The molecule has 1 fully saturated rings. The van der Waals surface area contributed by atoms with Crippen molar-refractivity contribution < 1.29 is 13.9 Å². The number of aryl methyl sites for hydroxylation is 1. The van der Waals surface area contributed by atoms with Crippen LogP contribution in [0.1, 0.15) is 28.1 Å². The van der Waals surface area contributed by atoms with Crippen molar-refractivity contribution in [2.45, 2.75) is 19.8 Å². The summed E-state index contributed by atoms with van der Waals surface area (Å²) in [5.41, 5.74) is 1.96. The molecule has 140 valence electrons. The number of carbonyl (C=O) groups is 1. The summed E-state index contributed by atoms with van der Waals surface area (Å²) < 4.78 is 18.5. The summed E-state index contributed by atoms with van der Waals surface area (Å²) in [5.74, 6) is -0.313. The Labute approximate surface area is 157 Å². The molecular weight excluding hydrogens is 351 g/mol. The van der Waals surface area contributed by atoms with Crippen molar-refractivity contribution in [3.8, 4) is 10.4 Å². The van der Waals surface area contributed by atoms with Gasteiger partial charge in [0, 0.05) is 23.9 Å². The summed E-state index contributed by atoms with van der Waals surface area (Å²) in [4.78, 5) is 14.4. The summed E-state index contributed by atoms with van der Waals surface area (Å²) in [5, 5.41) is 6.46. The molecule has 1 aliphatic heterocycles. The lowest BCUT2D eigenvalue weighted by atomic mass is 9.79. The van der Waals surface area contributed by atoms with Gasteiger partial charge < -0.3 is 15.4 Å². The minimum absolute atomic E-state index is 0.00174. The maximum Gasteiger partial charge on any atom is 0.261 e. The maximum absolute atomic E-state index is 13.1. The molecule has 1 amide bonds. The van der Waals surface area contributed by atoms with E-state index in [1.807, 2.05) is 13.0 Å². The monoisotopic (exact) mass is 376 g/mol. The highest BCUT2D eigenvalue weighted by atomic mass is 32.1. The number of carbonyl (C=O) groups excluding carboxylic acids is 1. The molecule has 3 rings (SSSR count). The molecule has 0 unspecified atom stereocenters. The Morgan fingerprint density at radius 3 is 2.65 bits per heavy atom. The van der Waals surface area contributed by atoms with E-state index in [1.54, 1.807) is 19.2 Å². The summed E-state index contributed by atoms with van der Waals surface area (Å²) >= 11 is 1.45. The van der Waals surface area contributed by atoms with Gasteiger partial charge in [-0.15, -0.1) is 11.3 Å². The molecule has 2 N–H and O–H groups in total. The van der Waals surface area contributed by atoms with Crippen LogP contribution in [0.2, 0.25) is 0 Å². The third-order valence-corrected chi connectivity index (χ3v) is 6.27. The van der Waals surface area contributed by atoms with Gasteiger partial charge in [-0.3, -0.25) is 4.79 Å². The van der Waals surface area contributed by atoms with E-state index in [0.717, 1.165) is 41.9 Å². The van der Waals surface area contributed by atoms with Crippen LogP contribution in [0.15, 0.2) is 30.3 Å². The van der Waals surface area contributed by atoms with Crippen LogP contribution in [0.5, 0.6) is 0 Å². The maximum atomic E-state index is 13.1. The zero-order valence-electron chi connectivity index (χ0n) is 15.2. The molecule has 1 saturated heterocycles. The van der Waals surface area contributed by atoms with Crippen molar-refractivity contribution in [1.82, 2.24) is 10.6 Å².